The van der Waals surface area contributed by atoms with Gasteiger partial charge >= 0.3 is 5.97 Å². The van der Waals surface area contributed by atoms with E-state index < -0.39 is 11.6 Å². The van der Waals surface area contributed by atoms with Gasteiger partial charge in [0, 0.05) is 35.6 Å². The highest BCUT2D eigenvalue weighted by Gasteiger charge is 2.37. The zero-order valence-electron chi connectivity index (χ0n) is 21.3. The van der Waals surface area contributed by atoms with Crippen LogP contribution in [0.5, 0.6) is 11.5 Å². The molecular weight excluding hydrogens is 488 g/mol. The summed E-state index contributed by atoms with van der Waals surface area (Å²) in [5, 5.41) is 8.24. The number of hydrogen-bond acceptors (Lipinski definition) is 7. The largest absolute Gasteiger partial charge is 0.482 e. The van der Waals surface area contributed by atoms with E-state index in [4.69, 9.17) is 26.4 Å². The van der Waals surface area contributed by atoms with Crippen LogP contribution >= 0.6 is 12.2 Å². The van der Waals surface area contributed by atoms with Gasteiger partial charge in [0.2, 0.25) is 0 Å². The summed E-state index contributed by atoms with van der Waals surface area (Å²) < 4.78 is 17.0. The van der Waals surface area contributed by atoms with Crippen molar-refractivity contribution in [2.75, 3.05) is 18.5 Å². The molecular formula is C28H30N4O4S. The smallest absolute Gasteiger partial charge is 0.344 e. The van der Waals surface area contributed by atoms with Crippen molar-refractivity contribution in [2.24, 2.45) is 5.10 Å². The standard InChI is InChI=1S/C28H30N4O4S/c1-5-34-26(33)17-35-21-9-11-25-22(14-21)24(15-28(4,36-25)20-7-6-12-29-16-20)31-32-27(37)30-23-10-8-18(2)13-19(23)3/h6-14,16H,5,15,17H2,1-4H3,(H2,30,32,37)/b31-24-/t28-/m0/s1. The van der Waals surface area contributed by atoms with E-state index in [2.05, 4.69) is 26.9 Å². The number of hydrazone groups is 1. The van der Waals surface area contributed by atoms with Gasteiger partial charge in [0.25, 0.3) is 0 Å². The Balaban J connectivity index is 1.61. The molecule has 2 aromatic carbocycles. The van der Waals surface area contributed by atoms with Crippen LogP contribution in [0, 0.1) is 13.8 Å². The molecule has 0 saturated heterocycles. The van der Waals surface area contributed by atoms with Crippen LogP contribution in [0.2, 0.25) is 0 Å². The summed E-state index contributed by atoms with van der Waals surface area (Å²) in [6.45, 7) is 7.94. The van der Waals surface area contributed by atoms with Crippen molar-refractivity contribution in [1.82, 2.24) is 10.4 Å². The van der Waals surface area contributed by atoms with Crippen molar-refractivity contribution < 1.29 is 19.0 Å². The van der Waals surface area contributed by atoms with Crippen molar-refractivity contribution in [3.8, 4) is 11.5 Å². The third-order valence-corrected chi connectivity index (χ3v) is 6.15. The van der Waals surface area contributed by atoms with Crippen molar-refractivity contribution in [1.29, 1.82) is 0 Å². The van der Waals surface area contributed by atoms with Gasteiger partial charge < -0.3 is 19.5 Å². The lowest BCUT2D eigenvalue weighted by molar-refractivity contribution is -0.145. The number of nitrogens with one attached hydrogen (secondary N) is 2. The molecule has 1 atom stereocenters. The lowest BCUT2D eigenvalue weighted by atomic mass is 9.86. The van der Waals surface area contributed by atoms with Gasteiger partial charge in [-0.1, -0.05) is 23.8 Å². The van der Waals surface area contributed by atoms with Gasteiger partial charge in [-0.2, -0.15) is 5.10 Å². The summed E-state index contributed by atoms with van der Waals surface area (Å²) in [4.78, 5) is 16.0. The average Bonchev–Trinajstić information content (AvgIpc) is 2.88. The van der Waals surface area contributed by atoms with Crippen LogP contribution in [0.25, 0.3) is 0 Å². The maximum absolute atomic E-state index is 11.7. The first-order valence-corrected chi connectivity index (χ1v) is 12.4. The van der Waals surface area contributed by atoms with E-state index in [9.17, 15) is 4.79 Å². The van der Waals surface area contributed by atoms with Crippen LogP contribution in [0.3, 0.4) is 0 Å². The monoisotopic (exact) mass is 518 g/mol. The molecule has 3 aromatic rings. The normalized spacial score (nSPS) is 17.4. The molecule has 0 aliphatic carbocycles. The molecule has 0 fully saturated rings. The first-order chi connectivity index (χ1) is 17.8. The Morgan fingerprint density at radius 3 is 2.78 bits per heavy atom. The molecule has 2 heterocycles. The highest BCUT2D eigenvalue weighted by atomic mass is 32.1. The number of hydrogen-bond donors (Lipinski definition) is 2. The number of thiocarbonyl (C=S) groups is 1. The fraction of sp³-hybridized carbons (Fsp3) is 0.286. The lowest BCUT2D eigenvalue weighted by Gasteiger charge is -2.36. The van der Waals surface area contributed by atoms with Gasteiger partial charge in [0.05, 0.1) is 12.3 Å². The summed E-state index contributed by atoms with van der Waals surface area (Å²) >= 11 is 5.52. The molecule has 0 radical (unpaired) electrons. The van der Waals surface area contributed by atoms with E-state index >= 15 is 0 Å². The van der Waals surface area contributed by atoms with E-state index in [1.165, 1.54) is 5.56 Å². The number of benzene rings is 2. The second kappa shape index (κ2) is 11.4. The molecule has 9 heteroatoms. The number of nitrogens with zero attached hydrogens (tertiary/aromatic N) is 2. The van der Waals surface area contributed by atoms with Crippen LogP contribution in [0.1, 0.15) is 42.5 Å². The zero-order valence-corrected chi connectivity index (χ0v) is 22.1. The van der Waals surface area contributed by atoms with Crippen LogP contribution in [-0.4, -0.2) is 35.0 Å². The number of rotatable bonds is 7. The second-order valence-electron chi connectivity index (χ2n) is 8.95. The summed E-state index contributed by atoms with van der Waals surface area (Å²) in [6.07, 6.45) is 3.97. The average molecular weight is 519 g/mol. The Bertz CT molecular complexity index is 1330. The van der Waals surface area contributed by atoms with Crippen molar-refractivity contribution >= 4 is 34.7 Å². The van der Waals surface area contributed by atoms with Gasteiger partial charge in [-0.15, -0.1) is 0 Å². The topological polar surface area (TPSA) is 94.1 Å². The van der Waals surface area contributed by atoms with E-state index in [-0.39, 0.29) is 6.61 Å². The second-order valence-corrected chi connectivity index (χ2v) is 9.35. The highest BCUT2D eigenvalue weighted by molar-refractivity contribution is 7.80. The van der Waals surface area contributed by atoms with Crippen LogP contribution in [-0.2, 0) is 15.1 Å². The molecule has 0 bridgehead atoms. The van der Waals surface area contributed by atoms with Crippen LogP contribution < -0.4 is 20.2 Å². The molecule has 1 aliphatic rings. The predicted molar refractivity (Wildman–Crippen MR) is 147 cm³/mol. The van der Waals surface area contributed by atoms with Crippen LogP contribution in [0.15, 0.2) is 66.0 Å². The van der Waals surface area contributed by atoms with Gasteiger partial charge in [-0.25, -0.2) is 4.79 Å². The van der Waals surface area contributed by atoms with Gasteiger partial charge in [-0.05, 0) is 75.8 Å². The number of anilines is 1. The first-order valence-electron chi connectivity index (χ1n) is 12.0. The number of aryl methyl sites for hydroxylation is 2. The maximum Gasteiger partial charge on any atom is 0.344 e. The number of carbonyl (C=O) groups excluding carboxylic acids is 1. The number of aromatic nitrogens is 1. The molecule has 1 aliphatic heterocycles. The minimum atomic E-state index is -0.697. The Kier molecular flexibility index (Phi) is 8.03. The van der Waals surface area contributed by atoms with E-state index in [0.717, 1.165) is 28.1 Å². The molecule has 192 valence electrons. The fourth-order valence-electron chi connectivity index (χ4n) is 4.11. The van der Waals surface area contributed by atoms with Crippen molar-refractivity contribution in [2.45, 2.75) is 39.7 Å². The predicted octanol–water partition coefficient (Wildman–Crippen LogP) is 5.03. The first kappa shape index (κ1) is 26.1. The maximum atomic E-state index is 11.7. The molecule has 0 spiro atoms. The Morgan fingerprint density at radius 2 is 2.05 bits per heavy atom. The quantitative estimate of drug-likeness (QED) is 0.256. The summed E-state index contributed by atoms with van der Waals surface area (Å²) in [5.74, 6) is 0.706. The highest BCUT2D eigenvalue weighted by Crippen LogP contribution is 2.40. The molecule has 0 saturated carbocycles. The molecule has 0 amide bonds. The summed E-state index contributed by atoms with van der Waals surface area (Å²) in [5.41, 5.74) is 7.84. The molecule has 0 unspecified atom stereocenters. The number of pyridine rings is 1. The van der Waals surface area contributed by atoms with E-state index in [1.807, 2.05) is 51.1 Å². The lowest BCUT2D eigenvalue weighted by Crippen LogP contribution is -2.38. The number of fused-ring (bicyclic) bond motifs is 1. The number of esters is 1. The summed E-state index contributed by atoms with van der Waals surface area (Å²) in [7, 11) is 0. The fourth-order valence-corrected chi connectivity index (χ4v) is 4.27. The Morgan fingerprint density at radius 1 is 1.22 bits per heavy atom. The SMILES string of the molecule is CCOC(=O)COc1ccc2c(c1)/C(=N\NC(=S)Nc1ccc(C)cc1C)C[C@@](C)(c1cccnc1)O2. The number of ether oxygens (including phenoxy) is 3. The van der Waals surface area contributed by atoms with Gasteiger partial charge in [-0.3, -0.25) is 10.4 Å². The zero-order chi connectivity index (χ0) is 26.4. The van der Waals surface area contributed by atoms with E-state index in [1.54, 1.807) is 31.5 Å². The molecule has 2 N–H and O–H groups in total. The van der Waals surface area contributed by atoms with E-state index in [0.29, 0.717) is 29.6 Å². The minimum Gasteiger partial charge on any atom is -0.482 e. The van der Waals surface area contributed by atoms with Gasteiger partial charge in [0.15, 0.2) is 11.7 Å². The molecule has 8 nitrogen and oxygen atoms in total. The Labute approximate surface area is 222 Å². The molecule has 4 rings (SSSR count). The third kappa shape index (κ3) is 6.42. The van der Waals surface area contributed by atoms with Gasteiger partial charge in [0.1, 0.15) is 17.1 Å². The Hall–Kier alpha value is -3.98. The minimum absolute atomic E-state index is 0.185. The van der Waals surface area contributed by atoms with Crippen LogP contribution in [0.4, 0.5) is 5.69 Å². The number of carbonyl (C=O) groups is 1. The van der Waals surface area contributed by atoms with Crippen molar-refractivity contribution in [3.05, 3.63) is 83.2 Å². The molecule has 37 heavy (non-hydrogen) atoms. The molecule has 1 aromatic heterocycles. The van der Waals surface area contributed by atoms with Crippen molar-refractivity contribution in [3.63, 3.8) is 0 Å². The third-order valence-electron chi connectivity index (χ3n) is 5.96. The summed E-state index contributed by atoms with van der Waals surface area (Å²) in [6, 6.07) is 15.3.